The van der Waals surface area contributed by atoms with E-state index >= 15 is 0 Å². The second kappa shape index (κ2) is 13.2. The highest BCUT2D eigenvalue weighted by atomic mass is 15.0. The molecule has 126 valence electrons. The van der Waals surface area contributed by atoms with Crippen molar-refractivity contribution in [2.24, 2.45) is 11.8 Å². The maximum Gasteiger partial charge on any atom is 0.0348 e. The maximum absolute atomic E-state index is 4.05. The average Bonchev–Trinajstić information content (AvgIpc) is 2.38. The Labute approximate surface area is 134 Å². The van der Waals surface area contributed by atoms with Crippen molar-refractivity contribution >= 4 is 0 Å². The third-order valence-corrected chi connectivity index (χ3v) is 3.90. The molecule has 0 aromatic heterocycles. The molecule has 0 aliphatic heterocycles. The van der Waals surface area contributed by atoms with E-state index in [-0.39, 0.29) is 0 Å². The zero-order valence-corrected chi connectivity index (χ0v) is 15.3. The van der Waals surface area contributed by atoms with Crippen LogP contribution in [0.5, 0.6) is 0 Å². The summed E-state index contributed by atoms with van der Waals surface area (Å²) in [7, 11) is 0. The summed E-state index contributed by atoms with van der Waals surface area (Å²) in [5, 5.41) is 6.88. The lowest BCUT2D eigenvalue weighted by Gasteiger charge is -2.18. The smallest absolute Gasteiger partial charge is 0.0348 e. The number of hydrogen-bond acceptors (Lipinski definition) is 2. The third-order valence-electron chi connectivity index (χ3n) is 3.90. The van der Waals surface area contributed by atoms with E-state index in [2.05, 4.69) is 51.8 Å². The first-order valence-corrected chi connectivity index (χ1v) is 9.10. The van der Waals surface area contributed by atoms with Gasteiger partial charge in [-0.25, -0.2) is 0 Å². The Kier molecular flexibility index (Phi) is 12.9. The van der Waals surface area contributed by atoms with Gasteiger partial charge in [-0.05, 0) is 38.6 Å². The Balaban J connectivity index is 3.71. The van der Waals surface area contributed by atoms with Crippen molar-refractivity contribution in [3.8, 4) is 0 Å². The van der Waals surface area contributed by atoms with Gasteiger partial charge in [0, 0.05) is 18.3 Å². The van der Waals surface area contributed by atoms with Gasteiger partial charge in [-0.2, -0.15) is 0 Å². The van der Waals surface area contributed by atoms with E-state index in [1.54, 1.807) is 0 Å². The molecule has 2 heteroatoms. The highest BCUT2D eigenvalue weighted by Crippen LogP contribution is 2.20. The van der Waals surface area contributed by atoms with Gasteiger partial charge in [0.15, 0.2) is 0 Å². The molecule has 0 rings (SSSR count). The lowest BCUT2D eigenvalue weighted by molar-refractivity contribution is 0.382. The summed E-state index contributed by atoms with van der Waals surface area (Å²) in [6, 6.07) is 0.480. The fourth-order valence-electron chi connectivity index (χ4n) is 2.83. The molecular formula is C19H40N2. The van der Waals surface area contributed by atoms with Gasteiger partial charge in [-0.15, -0.1) is 0 Å². The van der Waals surface area contributed by atoms with Crippen LogP contribution in [0.15, 0.2) is 12.3 Å². The molecule has 0 amide bonds. The molecule has 2 nitrogen and oxygen atoms in total. The molecule has 0 heterocycles. The Morgan fingerprint density at radius 1 is 0.952 bits per heavy atom. The van der Waals surface area contributed by atoms with Gasteiger partial charge in [0.05, 0.1) is 0 Å². The van der Waals surface area contributed by atoms with Crippen LogP contribution in [0.25, 0.3) is 0 Å². The SMILES string of the molecule is C=C(CNCCC(CCC)CCCCC(C)C)NC(C)C. The van der Waals surface area contributed by atoms with Crippen LogP contribution in [0.2, 0.25) is 0 Å². The van der Waals surface area contributed by atoms with Gasteiger partial charge < -0.3 is 10.6 Å². The van der Waals surface area contributed by atoms with Crippen LogP contribution in [-0.4, -0.2) is 19.1 Å². The largest absolute Gasteiger partial charge is 0.386 e. The quantitative estimate of drug-likeness (QED) is 0.435. The van der Waals surface area contributed by atoms with Crippen LogP contribution < -0.4 is 10.6 Å². The molecule has 0 aliphatic carbocycles. The van der Waals surface area contributed by atoms with Crippen LogP contribution in [0.1, 0.15) is 79.6 Å². The van der Waals surface area contributed by atoms with Gasteiger partial charge >= 0.3 is 0 Å². The summed E-state index contributed by atoms with van der Waals surface area (Å²) in [4.78, 5) is 0. The normalized spacial score (nSPS) is 12.9. The lowest BCUT2D eigenvalue weighted by Crippen LogP contribution is -2.30. The van der Waals surface area contributed by atoms with E-state index in [0.717, 1.165) is 30.6 Å². The molecular weight excluding hydrogens is 256 g/mol. The predicted molar refractivity (Wildman–Crippen MR) is 96.6 cm³/mol. The van der Waals surface area contributed by atoms with Gasteiger partial charge in [0.1, 0.15) is 0 Å². The topological polar surface area (TPSA) is 24.1 Å². The van der Waals surface area contributed by atoms with Gasteiger partial charge in [-0.1, -0.05) is 65.9 Å². The van der Waals surface area contributed by atoms with Crippen molar-refractivity contribution in [1.82, 2.24) is 10.6 Å². The Bertz CT molecular complexity index is 246. The van der Waals surface area contributed by atoms with E-state index in [4.69, 9.17) is 0 Å². The van der Waals surface area contributed by atoms with Crippen molar-refractivity contribution in [3.05, 3.63) is 12.3 Å². The number of unbranched alkanes of at least 4 members (excludes halogenated alkanes) is 1. The molecule has 0 aromatic rings. The van der Waals surface area contributed by atoms with E-state index < -0.39 is 0 Å². The molecule has 2 N–H and O–H groups in total. The number of hydrogen-bond donors (Lipinski definition) is 2. The third kappa shape index (κ3) is 14.2. The molecule has 21 heavy (non-hydrogen) atoms. The summed E-state index contributed by atoms with van der Waals surface area (Å²) in [6.07, 6.45) is 9.62. The summed E-state index contributed by atoms with van der Waals surface area (Å²) in [5.41, 5.74) is 1.11. The molecule has 0 saturated carbocycles. The zero-order chi connectivity index (χ0) is 16.1. The molecule has 0 aliphatic rings. The molecule has 1 atom stereocenters. The van der Waals surface area contributed by atoms with Gasteiger partial charge in [0.25, 0.3) is 0 Å². The van der Waals surface area contributed by atoms with E-state index in [1.807, 2.05) is 0 Å². The van der Waals surface area contributed by atoms with E-state index in [1.165, 1.54) is 44.9 Å². The molecule has 0 bridgehead atoms. The van der Waals surface area contributed by atoms with Gasteiger partial charge in [-0.3, -0.25) is 0 Å². The fourth-order valence-corrected chi connectivity index (χ4v) is 2.83. The average molecular weight is 297 g/mol. The van der Waals surface area contributed by atoms with Crippen LogP contribution >= 0.6 is 0 Å². The van der Waals surface area contributed by atoms with Crippen molar-refractivity contribution in [2.45, 2.75) is 85.6 Å². The minimum atomic E-state index is 0.480. The van der Waals surface area contributed by atoms with Crippen LogP contribution in [0.4, 0.5) is 0 Å². The molecule has 0 aromatic carbocycles. The fraction of sp³-hybridized carbons (Fsp3) is 0.895. The van der Waals surface area contributed by atoms with Crippen molar-refractivity contribution < 1.29 is 0 Å². The van der Waals surface area contributed by atoms with Crippen molar-refractivity contribution in [1.29, 1.82) is 0 Å². The van der Waals surface area contributed by atoms with E-state index in [0.29, 0.717) is 6.04 Å². The summed E-state index contributed by atoms with van der Waals surface area (Å²) >= 11 is 0. The monoisotopic (exact) mass is 296 g/mol. The molecule has 0 saturated heterocycles. The first-order valence-electron chi connectivity index (χ1n) is 9.10. The summed E-state index contributed by atoms with van der Waals surface area (Å²) in [5.74, 6) is 1.76. The molecule has 0 radical (unpaired) electrons. The van der Waals surface area contributed by atoms with Crippen LogP contribution in [0.3, 0.4) is 0 Å². The Morgan fingerprint density at radius 3 is 2.19 bits per heavy atom. The Hall–Kier alpha value is -0.500. The minimum Gasteiger partial charge on any atom is -0.386 e. The zero-order valence-electron chi connectivity index (χ0n) is 15.3. The molecule has 0 fully saturated rings. The number of rotatable bonds is 14. The van der Waals surface area contributed by atoms with Gasteiger partial charge in [0.2, 0.25) is 0 Å². The molecule has 1 unspecified atom stereocenters. The van der Waals surface area contributed by atoms with Crippen molar-refractivity contribution in [2.75, 3.05) is 13.1 Å². The highest BCUT2D eigenvalue weighted by molar-refractivity contribution is 4.94. The summed E-state index contributed by atoms with van der Waals surface area (Å²) in [6.45, 7) is 17.3. The van der Waals surface area contributed by atoms with E-state index in [9.17, 15) is 0 Å². The second-order valence-electron chi connectivity index (χ2n) is 7.20. The van der Waals surface area contributed by atoms with Crippen LogP contribution in [-0.2, 0) is 0 Å². The molecule has 0 spiro atoms. The second-order valence-corrected chi connectivity index (χ2v) is 7.20. The highest BCUT2D eigenvalue weighted by Gasteiger charge is 2.08. The standard InChI is InChI=1S/C19H40N2/c1-7-10-19(12-9-8-11-16(2)3)13-14-20-15-18(6)21-17(4)5/h16-17,19-21H,6-15H2,1-5H3. The lowest BCUT2D eigenvalue weighted by atomic mass is 9.92. The summed E-state index contributed by atoms with van der Waals surface area (Å²) < 4.78 is 0. The first kappa shape index (κ1) is 20.5. The van der Waals surface area contributed by atoms with Crippen LogP contribution in [0, 0.1) is 11.8 Å². The van der Waals surface area contributed by atoms with Crippen molar-refractivity contribution in [3.63, 3.8) is 0 Å². The first-order chi connectivity index (χ1) is 9.95. The minimum absolute atomic E-state index is 0.480. The number of nitrogens with one attached hydrogen (secondary N) is 2. The Morgan fingerprint density at radius 2 is 1.62 bits per heavy atom. The maximum atomic E-state index is 4.05. The predicted octanol–water partition coefficient (Wildman–Crippen LogP) is 5.11.